The monoisotopic (exact) mass is 478 g/mol. The number of fused-ring (bicyclic) bond motifs is 2. The summed E-state index contributed by atoms with van der Waals surface area (Å²) in [6.45, 7) is 10.2. The molecule has 1 aliphatic rings. The van der Waals surface area contributed by atoms with Crippen LogP contribution in [0.25, 0.3) is 33.2 Å². The summed E-state index contributed by atoms with van der Waals surface area (Å²) in [6, 6.07) is 12.5. The Morgan fingerprint density at radius 1 is 1.14 bits per heavy atom. The molecule has 0 aliphatic carbocycles. The van der Waals surface area contributed by atoms with E-state index < -0.39 is 11.7 Å². The van der Waals surface area contributed by atoms with Gasteiger partial charge >= 0.3 is 6.09 Å². The Hall–Kier alpha value is -3.56. The Morgan fingerprint density at radius 3 is 2.71 bits per heavy atom. The number of carbonyl (C=O) groups excluding carboxylic acids is 1. The zero-order valence-corrected chi connectivity index (χ0v) is 20.2. The maximum Gasteiger partial charge on any atom is 0.419 e. The quantitative estimate of drug-likeness (QED) is 0.439. The van der Waals surface area contributed by atoms with Crippen LogP contribution in [0.15, 0.2) is 42.5 Å². The third-order valence-electron chi connectivity index (χ3n) is 5.92. The van der Waals surface area contributed by atoms with Gasteiger partial charge in [0.1, 0.15) is 29.4 Å². The number of hydrogen-bond acceptors (Lipinski definition) is 7. The highest BCUT2D eigenvalue weighted by Crippen LogP contribution is 2.35. The fourth-order valence-corrected chi connectivity index (χ4v) is 4.28. The molecule has 5 rings (SSSR count). The van der Waals surface area contributed by atoms with E-state index in [1.165, 1.54) is 4.57 Å². The molecule has 9 nitrogen and oxygen atoms in total. The van der Waals surface area contributed by atoms with Gasteiger partial charge in [-0.25, -0.2) is 9.36 Å². The van der Waals surface area contributed by atoms with Crippen LogP contribution in [0.3, 0.4) is 0 Å². The van der Waals surface area contributed by atoms with Gasteiger partial charge in [-0.2, -0.15) is 5.10 Å². The summed E-state index contributed by atoms with van der Waals surface area (Å²) < 4.78 is 18.7. The third kappa shape index (κ3) is 4.96. The molecule has 0 spiro atoms. The molecule has 0 amide bonds. The van der Waals surface area contributed by atoms with Crippen molar-refractivity contribution in [2.45, 2.75) is 26.4 Å². The first-order valence-corrected chi connectivity index (χ1v) is 11.8. The highest BCUT2D eigenvalue weighted by molar-refractivity contribution is 6.01. The van der Waals surface area contributed by atoms with Crippen LogP contribution in [0.4, 0.5) is 4.79 Å². The standard InChI is InChI=1S/C26H30N4O5/c1-26(2,3)35-25(32)30-22-7-5-19(34-13-10-29-8-11-33-12-9-29)14-17(22)15-23(30)24-20-16-18(31)4-6-21(20)27-28-24/h4-7,14-16,31H,8-13H2,1-3H3,(H,27,28). The number of aromatic amines is 1. The number of ether oxygens (including phenoxy) is 3. The smallest absolute Gasteiger partial charge is 0.419 e. The van der Waals surface area contributed by atoms with Gasteiger partial charge in [0.05, 0.1) is 29.9 Å². The van der Waals surface area contributed by atoms with Crippen molar-refractivity contribution >= 4 is 27.9 Å². The molecule has 35 heavy (non-hydrogen) atoms. The average Bonchev–Trinajstić information content (AvgIpc) is 3.39. The second-order valence-electron chi connectivity index (χ2n) is 9.67. The minimum absolute atomic E-state index is 0.121. The SMILES string of the molecule is CC(C)(C)OC(=O)n1c(-c2n[nH]c3ccc(O)cc23)cc2cc(OCCN3CCOCC3)ccc21. The van der Waals surface area contributed by atoms with E-state index in [0.29, 0.717) is 28.9 Å². The fourth-order valence-electron chi connectivity index (χ4n) is 4.28. The van der Waals surface area contributed by atoms with Crippen molar-refractivity contribution in [1.82, 2.24) is 19.7 Å². The number of benzene rings is 2. The van der Waals surface area contributed by atoms with Crippen LogP contribution in [0.5, 0.6) is 11.5 Å². The van der Waals surface area contributed by atoms with Crippen molar-refractivity contribution in [1.29, 1.82) is 0 Å². The molecule has 1 aliphatic heterocycles. The number of nitrogens with one attached hydrogen (secondary N) is 1. The Labute approximate surface area is 203 Å². The molecule has 4 aromatic rings. The minimum atomic E-state index is -0.667. The normalized spacial score (nSPS) is 15.1. The topological polar surface area (TPSA) is 102 Å². The summed E-state index contributed by atoms with van der Waals surface area (Å²) in [5.74, 6) is 0.846. The maximum absolute atomic E-state index is 13.3. The minimum Gasteiger partial charge on any atom is -0.508 e. The van der Waals surface area contributed by atoms with Gasteiger partial charge < -0.3 is 19.3 Å². The number of phenols is 1. The van der Waals surface area contributed by atoms with E-state index in [-0.39, 0.29) is 5.75 Å². The van der Waals surface area contributed by atoms with E-state index in [0.717, 1.165) is 49.5 Å². The van der Waals surface area contributed by atoms with Crippen LogP contribution in [-0.2, 0) is 9.47 Å². The van der Waals surface area contributed by atoms with Gasteiger partial charge in [-0.15, -0.1) is 0 Å². The summed E-state index contributed by atoms with van der Waals surface area (Å²) >= 11 is 0. The Kier molecular flexibility index (Phi) is 6.12. The van der Waals surface area contributed by atoms with Crippen molar-refractivity contribution in [3.8, 4) is 22.9 Å². The van der Waals surface area contributed by atoms with Crippen LogP contribution >= 0.6 is 0 Å². The molecule has 2 aromatic carbocycles. The molecule has 0 unspecified atom stereocenters. The van der Waals surface area contributed by atoms with Crippen molar-refractivity contribution in [2.75, 3.05) is 39.5 Å². The largest absolute Gasteiger partial charge is 0.508 e. The number of aromatic hydroxyl groups is 1. The third-order valence-corrected chi connectivity index (χ3v) is 5.92. The van der Waals surface area contributed by atoms with Gasteiger partial charge in [0, 0.05) is 30.4 Å². The highest BCUT2D eigenvalue weighted by atomic mass is 16.6. The molecule has 3 heterocycles. The molecule has 2 aromatic heterocycles. The first-order valence-electron chi connectivity index (χ1n) is 11.8. The number of carbonyl (C=O) groups is 1. The number of rotatable bonds is 5. The summed E-state index contributed by atoms with van der Waals surface area (Å²) in [4.78, 5) is 15.6. The number of aromatic nitrogens is 3. The molecule has 1 saturated heterocycles. The molecule has 184 valence electrons. The predicted octanol–water partition coefficient (Wildman–Crippen LogP) is 4.38. The van der Waals surface area contributed by atoms with E-state index in [1.807, 2.05) is 45.0 Å². The average molecular weight is 479 g/mol. The molecule has 0 saturated carbocycles. The van der Waals surface area contributed by atoms with Gasteiger partial charge in [-0.1, -0.05) is 0 Å². The molecule has 2 N–H and O–H groups in total. The zero-order chi connectivity index (χ0) is 24.6. The molecule has 0 radical (unpaired) electrons. The second kappa shape index (κ2) is 9.24. The van der Waals surface area contributed by atoms with Gasteiger partial charge in [0.25, 0.3) is 0 Å². The molecular formula is C26H30N4O5. The van der Waals surface area contributed by atoms with Crippen LogP contribution in [0, 0.1) is 0 Å². The number of H-pyrrole nitrogens is 1. The fraction of sp³-hybridized carbons (Fsp3) is 0.385. The lowest BCUT2D eigenvalue weighted by Gasteiger charge is -2.26. The molecule has 0 bridgehead atoms. The van der Waals surface area contributed by atoms with Crippen molar-refractivity contribution in [3.63, 3.8) is 0 Å². The van der Waals surface area contributed by atoms with E-state index >= 15 is 0 Å². The highest BCUT2D eigenvalue weighted by Gasteiger charge is 2.25. The van der Waals surface area contributed by atoms with Crippen LogP contribution in [0.1, 0.15) is 20.8 Å². The number of hydrogen-bond donors (Lipinski definition) is 2. The van der Waals surface area contributed by atoms with E-state index in [9.17, 15) is 9.90 Å². The van der Waals surface area contributed by atoms with Gasteiger partial charge in [0.2, 0.25) is 0 Å². The predicted molar refractivity (Wildman–Crippen MR) is 133 cm³/mol. The van der Waals surface area contributed by atoms with Crippen LogP contribution in [0.2, 0.25) is 0 Å². The summed E-state index contributed by atoms with van der Waals surface area (Å²) in [5.41, 5.74) is 1.89. The summed E-state index contributed by atoms with van der Waals surface area (Å²) in [6.07, 6.45) is -0.500. The lowest BCUT2D eigenvalue weighted by atomic mass is 10.1. The summed E-state index contributed by atoms with van der Waals surface area (Å²) in [5, 5.41) is 19.0. The molecule has 9 heteroatoms. The van der Waals surface area contributed by atoms with Gasteiger partial charge in [0.15, 0.2) is 0 Å². The lowest BCUT2D eigenvalue weighted by Crippen LogP contribution is -2.38. The zero-order valence-electron chi connectivity index (χ0n) is 20.2. The first kappa shape index (κ1) is 23.2. The second-order valence-corrected chi connectivity index (χ2v) is 9.67. The number of morpholine rings is 1. The van der Waals surface area contributed by atoms with Crippen molar-refractivity contribution < 1.29 is 24.1 Å². The summed E-state index contributed by atoms with van der Waals surface area (Å²) in [7, 11) is 0. The van der Waals surface area contributed by atoms with Crippen molar-refractivity contribution in [3.05, 3.63) is 42.5 Å². The Morgan fingerprint density at radius 2 is 1.94 bits per heavy atom. The molecular weight excluding hydrogens is 448 g/mol. The molecule has 1 fully saturated rings. The molecule has 0 atom stereocenters. The van der Waals surface area contributed by atoms with E-state index in [2.05, 4.69) is 15.1 Å². The van der Waals surface area contributed by atoms with Crippen molar-refractivity contribution in [2.24, 2.45) is 0 Å². The number of nitrogens with zero attached hydrogens (tertiary/aromatic N) is 3. The first-order chi connectivity index (χ1) is 16.8. The number of phenolic OH excluding ortho intramolecular Hbond substituents is 1. The van der Waals surface area contributed by atoms with E-state index in [1.54, 1.807) is 18.2 Å². The van der Waals surface area contributed by atoms with Crippen LogP contribution in [-0.4, -0.2) is 75.9 Å². The van der Waals surface area contributed by atoms with Gasteiger partial charge in [-0.3, -0.25) is 10.00 Å². The van der Waals surface area contributed by atoms with Crippen LogP contribution < -0.4 is 4.74 Å². The Bertz CT molecular complexity index is 1360. The maximum atomic E-state index is 13.3. The van der Waals surface area contributed by atoms with E-state index in [4.69, 9.17) is 14.2 Å². The lowest BCUT2D eigenvalue weighted by molar-refractivity contribution is 0.0322. The Balaban J connectivity index is 1.51. The van der Waals surface area contributed by atoms with Gasteiger partial charge in [-0.05, 0) is 63.2 Å².